The summed E-state index contributed by atoms with van der Waals surface area (Å²) in [4.78, 5) is 4.65. The summed E-state index contributed by atoms with van der Waals surface area (Å²) in [5.74, 6) is -0.270. The predicted molar refractivity (Wildman–Crippen MR) is 80.3 cm³/mol. The monoisotopic (exact) mass is 289 g/mol. The van der Waals surface area contributed by atoms with Gasteiger partial charge in [-0.15, -0.1) is 0 Å². The minimum absolute atomic E-state index is 0.218. The van der Waals surface area contributed by atoms with Crippen LogP contribution >= 0.6 is 12.2 Å². The van der Waals surface area contributed by atoms with E-state index in [9.17, 15) is 4.39 Å². The third kappa shape index (κ3) is 2.45. The van der Waals surface area contributed by atoms with Crippen LogP contribution in [-0.2, 0) is 19.4 Å². The van der Waals surface area contributed by atoms with Crippen molar-refractivity contribution in [1.82, 2.24) is 9.55 Å². The summed E-state index contributed by atoms with van der Waals surface area (Å²) in [6.45, 7) is 0.506. The van der Waals surface area contributed by atoms with Crippen LogP contribution in [0.1, 0.15) is 35.4 Å². The Morgan fingerprint density at radius 3 is 2.90 bits per heavy atom. The largest absolute Gasteiger partial charge is 0.389 e. The number of rotatable bonds is 3. The molecule has 0 amide bonds. The maximum Gasteiger partial charge on any atom is 0.128 e. The Kier molecular flexibility index (Phi) is 3.53. The van der Waals surface area contributed by atoms with Gasteiger partial charge in [0.2, 0.25) is 0 Å². The molecule has 0 saturated heterocycles. The van der Waals surface area contributed by atoms with Crippen LogP contribution in [0.25, 0.3) is 0 Å². The zero-order chi connectivity index (χ0) is 14.1. The summed E-state index contributed by atoms with van der Waals surface area (Å²) in [5, 5.41) is 0. The fourth-order valence-electron chi connectivity index (χ4n) is 2.68. The molecule has 20 heavy (non-hydrogen) atoms. The van der Waals surface area contributed by atoms with E-state index in [1.165, 1.54) is 24.6 Å². The highest BCUT2D eigenvalue weighted by Gasteiger charge is 2.16. The number of aryl methyl sites for hydroxylation is 1. The molecule has 0 aliphatic heterocycles. The maximum atomic E-state index is 14.1. The summed E-state index contributed by atoms with van der Waals surface area (Å²) >= 11 is 4.86. The number of aromatic nitrogens is 2. The number of thiocarbonyl (C=S) groups is 1. The molecule has 0 atom stereocenters. The highest BCUT2D eigenvalue weighted by molar-refractivity contribution is 7.80. The van der Waals surface area contributed by atoms with Crippen molar-refractivity contribution in [2.45, 2.75) is 32.2 Å². The van der Waals surface area contributed by atoms with Crippen LogP contribution in [0.4, 0.5) is 4.39 Å². The smallest absolute Gasteiger partial charge is 0.128 e. The summed E-state index contributed by atoms with van der Waals surface area (Å²) in [6, 6.07) is 4.92. The number of benzene rings is 1. The van der Waals surface area contributed by atoms with Gasteiger partial charge in [-0.2, -0.15) is 0 Å². The molecule has 5 heteroatoms. The lowest BCUT2D eigenvalue weighted by molar-refractivity contribution is 0.585. The molecule has 0 radical (unpaired) electrons. The lowest BCUT2D eigenvalue weighted by Gasteiger charge is -2.14. The third-order valence-electron chi connectivity index (χ3n) is 3.79. The van der Waals surface area contributed by atoms with E-state index in [1.54, 1.807) is 12.1 Å². The van der Waals surface area contributed by atoms with E-state index < -0.39 is 0 Å². The minimum atomic E-state index is -0.270. The molecule has 1 aromatic heterocycles. The fourth-order valence-corrected chi connectivity index (χ4v) is 2.81. The molecule has 2 aromatic rings. The molecule has 3 nitrogen and oxygen atoms in total. The Balaban J connectivity index is 1.88. The van der Waals surface area contributed by atoms with E-state index in [1.807, 2.05) is 10.9 Å². The van der Waals surface area contributed by atoms with Crippen LogP contribution in [0.5, 0.6) is 0 Å². The highest BCUT2D eigenvalue weighted by Crippen LogP contribution is 2.21. The molecule has 1 aliphatic rings. The van der Waals surface area contributed by atoms with Crippen molar-refractivity contribution in [2.24, 2.45) is 5.73 Å². The second-order valence-corrected chi connectivity index (χ2v) is 5.58. The standard InChI is InChI=1S/C15H16FN3S/c16-12-7-10(15(17)20)5-6-11(12)8-19-9-18-13-3-1-2-4-14(13)19/h5-7,9H,1-4,8H2,(H2,17,20). The summed E-state index contributed by atoms with van der Waals surface area (Å²) in [7, 11) is 0. The zero-order valence-electron chi connectivity index (χ0n) is 11.1. The molecule has 0 unspecified atom stereocenters. The van der Waals surface area contributed by atoms with Crippen molar-refractivity contribution in [2.75, 3.05) is 0 Å². The summed E-state index contributed by atoms with van der Waals surface area (Å²) in [5.41, 5.74) is 9.12. The first kappa shape index (κ1) is 13.2. The zero-order valence-corrected chi connectivity index (χ0v) is 11.9. The number of hydrogen-bond acceptors (Lipinski definition) is 2. The van der Waals surface area contributed by atoms with Crippen molar-refractivity contribution < 1.29 is 4.39 Å². The van der Waals surface area contributed by atoms with Crippen molar-refractivity contribution in [3.05, 3.63) is 52.9 Å². The first-order valence-corrected chi connectivity index (χ1v) is 7.17. The van der Waals surface area contributed by atoms with Crippen molar-refractivity contribution in [1.29, 1.82) is 0 Å². The number of fused-ring (bicyclic) bond motifs is 1. The van der Waals surface area contributed by atoms with E-state index in [2.05, 4.69) is 4.98 Å². The molecule has 1 heterocycles. The highest BCUT2D eigenvalue weighted by atomic mass is 32.1. The van der Waals surface area contributed by atoms with Gasteiger partial charge in [0.05, 0.1) is 18.6 Å². The number of nitrogens with zero attached hydrogens (tertiary/aromatic N) is 2. The van der Waals surface area contributed by atoms with Crippen molar-refractivity contribution in [3.8, 4) is 0 Å². The number of hydrogen-bond donors (Lipinski definition) is 1. The van der Waals surface area contributed by atoms with Crippen LogP contribution < -0.4 is 5.73 Å². The average molecular weight is 289 g/mol. The normalized spacial score (nSPS) is 14.1. The van der Waals surface area contributed by atoms with Crippen LogP contribution in [-0.4, -0.2) is 14.5 Å². The van der Waals surface area contributed by atoms with E-state index >= 15 is 0 Å². The van der Waals surface area contributed by atoms with Gasteiger partial charge in [0.1, 0.15) is 10.8 Å². The molecular weight excluding hydrogens is 273 g/mol. The molecule has 2 N–H and O–H groups in total. The van der Waals surface area contributed by atoms with Gasteiger partial charge in [0.15, 0.2) is 0 Å². The van der Waals surface area contributed by atoms with E-state index in [0.29, 0.717) is 17.7 Å². The van der Waals surface area contributed by atoms with Crippen molar-refractivity contribution >= 4 is 17.2 Å². The minimum Gasteiger partial charge on any atom is -0.389 e. The second-order valence-electron chi connectivity index (χ2n) is 5.14. The quantitative estimate of drug-likeness (QED) is 0.883. The molecular formula is C15H16FN3S. The maximum absolute atomic E-state index is 14.1. The Morgan fingerprint density at radius 2 is 2.15 bits per heavy atom. The molecule has 0 bridgehead atoms. The number of halogens is 1. The van der Waals surface area contributed by atoms with E-state index in [4.69, 9.17) is 18.0 Å². The van der Waals surface area contributed by atoms with Gasteiger partial charge in [-0.25, -0.2) is 9.37 Å². The third-order valence-corrected chi connectivity index (χ3v) is 4.02. The van der Waals surface area contributed by atoms with Gasteiger partial charge >= 0.3 is 0 Å². The van der Waals surface area contributed by atoms with E-state index in [0.717, 1.165) is 18.5 Å². The van der Waals surface area contributed by atoms with Gasteiger partial charge in [-0.3, -0.25) is 0 Å². The second kappa shape index (κ2) is 5.32. The molecule has 0 spiro atoms. The Bertz CT molecular complexity index is 663. The lowest BCUT2D eigenvalue weighted by Crippen LogP contribution is -2.12. The average Bonchev–Trinajstić information content (AvgIpc) is 2.84. The van der Waals surface area contributed by atoms with Crippen LogP contribution in [0.3, 0.4) is 0 Å². The van der Waals surface area contributed by atoms with Crippen LogP contribution in [0.2, 0.25) is 0 Å². The van der Waals surface area contributed by atoms with Crippen molar-refractivity contribution in [3.63, 3.8) is 0 Å². The summed E-state index contributed by atoms with van der Waals surface area (Å²) in [6.07, 6.45) is 6.26. The predicted octanol–water partition coefficient (Wildman–Crippen LogP) is 2.58. The van der Waals surface area contributed by atoms with E-state index in [-0.39, 0.29) is 10.8 Å². The Hall–Kier alpha value is -1.75. The Morgan fingerprint density at radius 1 is 1.35 bits per heavy atom. The van der Waals surface area contributed by atoms with Gasteiger partial charge in [0.25, 0.3) is 0 Å². The van der Waals surface area contributed by atoms with Gasteiger partial charge in [0, 0.05) is 16.8 Å². The fraction of sp³-hybridized carbons (Fsp3) is 0.333. The molecule has 0 fully saturated rings. The topological polar surface area (TPSA) is 43.8 Å². The lowest BCUT2D eigenvalue weighted by atomic mass is 10.0. The number of nitrogens with two attached hydrogens (primary N) is 1. The van der Waals surface area contributed by atoms with Crippen LogP contribution in [0.15, 0.2) is 24.5 Å². The SMILES string of the molecule is NC(=S)c1ccc(Cn2cnc3c2CCCC3)c(F)c1. The molecule has 0 saturated carbocycles. The number of imidazole rings is 1. The molecule has 104 valence electrons. The van der Waals surface area contributed by atoms with Crippen LogP contribution in [0, 0.1) is 5.82 Å². The first-order valence-electron chi connectivity index (χ1n) is 6.76. The Labute approximate surface area is 122 Å². The van der Waals surface area contributed by atoms with Gasteiger partial charge in [-0.05, 0) is 31.7 Å². The molecule has 3 rings (SSSR count). The molecule has 1 aromatic carbocycles. The first-order chi connectivity index (χ1) is 9.65. The summed E-state index contributed by atoms with van der Waals surface area (Å²) < 4.78 is 16.1. The van der Waals surface area contributed by atoms with Gasteiger partial charge < -0.3 is 10.3 Å². The molecule has 1 aliphatic carbocycles. The van der Waals surface area contributed by atoms with Gasteiger partial charge in [-0.1, -0.05) is 24.4 Å².